The van der Waals surface area contributed by atoms with Gasteiger partial charge in [0.15, 0.2) is 10.2 Å². The number of hydrazine groups is 1. The standard InChI is InChI=1S/C16H30N4S2/c1-11-7-6-10-14(12(11)2)18-16(22)20-19-15(21)17-13-8-4-3-5-9-13/h11-14H,3-10H2,1-2H3,(H2,17,19,21)(H2,18,20,22)/t11-,12+,14-/m0/s1. The summed E-state index contributed by atoms with van der Waals surface area (Å²) in [7, 11) is 0. The quantitative estimate of drug-likeness (QED) is 0.457. The Labute approximate surface area is 145 Å². The van der Waals surface area contributed by atoms with Gasteiger partial charge in [-0.2, -0.15) is 0 Å². The first kappa shape index (κ1) is 17.7. The zero-order valence-corrected chi connectivity index (χ0v) is 15.4. The van der Waals surface area contributed by atoms with Crippen LogP contribution in [0, 0.1) is 11.8 Å². The molecule has 2 saturated carbocycles. The Kier molecular flexibility index (Phi) is 7.15. The van der Waals surface area contributed by atoms with E-state index in [4.69, 9.17) is 24.4 Å². The maximum absolute atomic E-state index is 5.38. The van der Waals surface area contributed by atoms with Crippen molar-refractivity contribution in [2.24, 2.45) is 11.8 Å². The summed E-state index contributed by atoms with van der Waals surface area (Å²) in [6.07, 6.45) is 10.2. The molecule has 4 N–H and O–H groups in total. The summed E-state index contributed by atoms with van der Waals surface area (Å²) >= 11 is 10.7. The minimum Gasteiger partial charge on any atom is -0.359 e. The van der Waals surface area contributed by atoms with Crippen molar-refractivity contribution in [2.45, 2.75) is 77.3 Å². The third kappa shape index (κ3) is 5.54. The van der Waals surface area contributed by atoms with Crippen LogP contribution >= 0.6 is 24.4 Å². The number of thiocarbonyl (C=S) groups is 2. The molecule has 4 nitrogen and oxygen atoms in total. The largest absolute Gasteiger partial charge is 0.359 e. The van der Waals surface area contributed by atoms with Crippen LogP contribution in [0.5, 0.6) is 0 Å². The summed E-state index contributed by atoms with van der Waals surface area (Å²) in [6, 6.07) is 0.974. The average molecular weight is 343 g/mol. The van der Waals surface area contributed by atoms with Gasteiger partial charge >= 0.3 is 0 Å². The van der Waals surface area contributed by atoms with Crippen LogP contribution in [-0.2, 0) is 0 Å². The molecule has 22 heavy (non-hydrogen) atoms. The number of hydrogen-bond donors (Lipinski definition) is 4. The third-order valence-corrected chi connectivity index (χ3v) is 5.69. The molecule has 0 spiro atoms. The summed E-state index contributed by atoms with van der Waals surface area (Å²) in [5, 5.41) is 8.07. The van der Waals surface area contributed by atoms with Crippen LogP contribution in [0.15, 0.2) is 0 Å². The van der Waals surface area contributed by atoms with E-state index in [0.29, 0.717) is 28.2 Å². The van der Waals surface area contributed by atoms with Crippen molar-refractivity contribution in [3.63, 3.8) is 0 Å². The molecule has 0 saturated heterocycles. The molecule has 3 atom stereocenters. The van der Waals surface area contributed by atoms with Gasteiger partial charge in [-0.15, -0.1) is 0 Å². The summed E-state index contributed by atoms with van der Waals surface area (Å²) in [5.74, 6) is 1.41. The lowest BCUT2D eigenvalue weighted by atomic mass is 9.78. The molecule has 2 aliphatic rings. The summed E-state index contributed by atoms with van der Waals surface area (Å²) in [4.78, 5) is 0. The molecule has 0 aromatic carbocycles. The predicted molar refractivity (Wildman–Crippen MR) is 101 cm³/mol. The van der Waals surface area contributed by atoms with Crippen LogP contribution in [0.4, 0.5) is 0 Å². The first-order valence-electron chi connectivity index (χ1n) is 8.69. The van der Waals surface area contributed by atoms with Crippen molar-refractivity contribution < 1.29 is 0 Å². The Bertz CT molecular complexity index is 382. The van der Waals surface area contributed by atoms with Crippen LogP contribution in [0.3, 0.4) is 0 Å². The first-order valence-corrected chi connectivity index (χ1v) is 9.51. The van der Waals surface area contributed by atoms with Gasteiger partial charge in [-0.25, -0.2) is 0 Å². The average Bonchev–Trinajstić information content (AvgIpc) is 2.51. The SMILES string of the molecule is C[C@H]1[C@@H](NC(=S)NNC(=S)NC2CCCCC2)CCC[C@@H]1C. The van der Waals surface area contributed by atoms with Gasteiger partial charge in [0.25, 0.3) is 0 Å². The van der Waals surface area contributed by atoms with Gasteiger partial charge in [0.2, 0.25) is 0 Å². The van der Waals surface area contributed by atoms with Crippen molar-refractivity contribution in [3.8, 4) is 0 Å². The van der Waals surface area contributed by atoms with Gasteiger partial charge in [0.1, 0.15) is 0 Å². The maximum atomic E-state index is 5.38. The molecule has 2 fully saturated rings. The lowest BCUT2D eigenvalue weighted by molar-refractivity contribution is 0.224. The highest BCUT2D eigenvalue weighted by atomic mass is 32.1. The molecular weight excluding hydrogens is 312 g/mol. The lowest BCUT2D eigenvalue weighted by Gasteiger charge is -2.35. The summed E-state index contributed by atoms with van der Waals surface area (Å²) < 4.78 is 0. The third-order valence-electron chi connectivity index (χ3n) is 5.25. The highest BCUT2D eigenvalue weighted by molar-refractivity contribution is 7.80. The Hall–Kier alpha value is -0.620. The minimum absolute atomic E-state index is 0.463. The highest BCUT2D eigenvalue weighted by Gasteiger charge is 2.27. The fourth-order valence-electron chi connectivity index (χ4n) is 3.57. The molecule has 0 heterocycles. The van der Waals surface area contributed by atoms with Gasteiger partial charge < -0.3 is 10.6 Å². The Morgan fingerprint density at radius 2 is 1.41 bits per heavy atom. The van der Waals surface area contributed by atoms with Crippen molar-refractivity contribution in [1.82, 2.24) is 21.5 Å². The van der Waals surface area contributed by atoms with E-state index in [1.54, 1.807) is 0 Å². The molecule has 6 heteroatoms. The molecule has 0 aromatic heterocycles. The van der Waals surface area contributed by atoms with Crippen molar-refractivity contribution in [2.75, 3.05) is 0 Å². The predicted octanol–water partition coefficient (Wildman–Crippen LogP) is 2.99. The van der Waals surface area contributed by atoms with Crippen molar-refractivity contribution in [1.29, 1.82) is 0 Å². The van der Waals surface area contributed by atoms with Crippen LogP contribution in [0.25, 0.3) is 0 Å². The fraction of sp³-hybridized carbons (Fsp3) is 0.875. The van der Waals surface area contributed by atoms with E-state index in [-0.39, 0.29) is 0 Å². The fourth-order valence-corrected chi connectivity index (χ4v) is 3.99. The van der Waals surface area contributed by atoms with E-state index in [2.05, 4.69) is 35.3 Å². The Balaban J connectivity index is 1.65. The van der Waals surface area contributed by atoms with Gasteiger partial charge in [-0.1, -0.05) is 46.0 Å². The van der Waals surface area contributed by atoms with E-state index >= 15 is 0 Å². The zero-order chi connectivity index (χ0) is 15.9. The van der Waals surface area contributed by atoms with Crippen LogP contribution in [-0.4, -0.2) is 22.3 Å². The van der Waals surface area contributed by atoms with E-state index in [1.165, 1.54) is 51.4 Å². The molecule has 0 aromatic rings. The molecule has 0 bridgehead atoms. The van der Waals surface area contributed by atoms with Crippen molar-refractivity contribution >= 4 is 34.7 Å². The second-order valence-corrected chi connectivity index (χ2v) is 7.72. The van der Waals surface area contributed by atoms with Crippen LogP contribution in [0.2, 0.25) is 0 Å². The normalized spacial score (nSPS) is 29.5. The Morgan fingerprint density at radius 3 is 2.09 bits per heavy atom. The first-order chi connectivity index (χ1) is 10.6. The second-order valence-electron chi connectivity index (χ2n) is 6.91. The van der Waals surface area contributed by atoms with Gasteiger partial charge in [0.05, 0.1) is 0 Å². The molecule has 126 valence electrons. The van der Waals surface area contributed by atoms with Crippen molar-refractivity contribution in [3.05, 3.63) is 0 Å². The smallest absolute Gasteiger partial charge is 0.185 e. The molecule has 2 rings (SSSR count). The van der Waals surface area contributed by atoms with E-state index in [9.17, 15) is 0 Å². The monoisotopic (exact) mass is 342 g/mol. The van der Waals surface area contributed by atoms with Crippen LogP contribution < -0.4 is 21.5 Å². The van der Waals surface area contributed by atoms with Gasteiger partial charge in [-0.3, -0.25) is 10.9 Å². The molecule has 0 aliphatic heterocycles. The Morgan fingerprint density at radius 1 is 0.773 bits per heavy atom. The molecular formula is C16H30N4S2. The van der Waals surface area contributed by atoms with Gasteiger partial charge in [-0.05, 0) is 55.5 Å². The highest BCUT2D eigenvalue weighted by Crippen LogP contribution is 2.29. The molecule has 2 aliphatic carbocycles. The second kappa shape index (κ2) is 8.87. The number of nitrogens with one attached hydrogen (secondary N) is 4. The van der Waals surface area contributed by atoms with E-state index < -0.39 is 0 Å². The number of rotatable bonds is 2. The van der Waals surface area contributed by atoms with E-state index in [0.717, 1.165) is 5.92 Å². The molecule has 0 radical (unpaired) electrons. The minimum atomic E-state index is 0.463. The molecule has 0 amide bonds. The molecule has 0 unspecified atom stereocenters. The number of hydrogen-bond acceptors (Lipinski definition) is 2. The van der Waals surface area contributed by atoms with Gasteiger partial charge in [0, 0.05) is 12.1 Å². The zero-order valence-electron chi connectivity index (χ0n) is 13.8. The maximum Gasteiger partial charge on any atom is 0.185 e. The van der Waals surface area contributed by atoms with E-state index in [1.807, 2.05) is 0 Å². The topological polar surface area (TPSA) is 48.1 Å². The summed E-state index contributed by atoms with van der Waals surface area (Å²) in [5.41, 5.74) is 6.03. The lowest BCUT2D eigenvalue weighted by Crippen LogP contribution is -2.55. The summed E-state index contributed by atoms with van der Waals surface area (Å²) in [6.45, 7) is 4.64. The van der Waals surface area contributed by atoms with Crippen LogP contribution in [0.1, 0.15) is 65.2 Å².